The summed E-state index contributed by atoms with van der Waals surface area (Å²) < 4.78 is 0.436. The lowest BCUT2D eigenvalue weighted by molar-refractivity contribution is 0.176. The van der Waals surface area contributed by atoms with Crippen molar-refractivity contribution in [2.24, 2.45) is 5.41 Å². The molecule has 0 nitrogen and oxygen atoms in total. The first-order valence-electron chi connectivity index (χ1n) is 5.16. The molecular formula is C10H21AlBr2. The van der Waals surface area contributed by atoms with Gasteiger partial charge in [-0.2, -0.15) is 28.1 Å². The summed E-state index contributed by atoms with van der Waals surface area (Å²) in [6.07, 6.45) is 3.86. The van der Waals surface area contributed by atoms with E-state index >= 15 is 0 Å². The molecule has 0 bridgehead atoms. The average Bonchev–Trinajstić information content (AvgIpc) is 2.08. The Kier molecular flexibility index (Phi) is 6.18. The minimum absolute atomic E-state index is 0.436. The van der Waals surface area contributed by atoms with Gasteiger partial charge < -0.3 is 0 Å². The van der Waals surface area contributed by atoms with Crippen molar-refractivity contribution in [1.29, 1.82) is 0 Å². The number of hydrogen-bond donors (Lipinski definition) is 0. The van der Waals surface area contributed by atoms with Crippen LogP contribution in [0.4, 0.5) is 0 Å². The summed E-state index contributed by atoms with van der Waals surface area (Å²) in [5, 5.41) is 0. The van der Waals surface area contributed by atoms with Crippen LogP contribution in [0.3, 0.4) is 0 Å². The molecule has 3 heteroatoms. The van der Waals surface area contributed by atoms with Crippen molar-refractivity contribution in [3.63, 3.8) is 0 Å². The van der Waals surface area contributed by atoms with Gasteiger partial charge in [-0.1, -0.05) is 53.9 Å². The zero-order valence-electron chi connectivity index (χ0n) is 9.45. The first kappa shape index (κ1) is 14.5. The molecule has 0 aliphatic carbocycles. The maximum absolute atomic E-state index is 3.81. The fourth-order valence-electron chi connectivity index (χ4n) is 2.35. The molecule has 0 aliphatic heterocycles. The predicted octanol–water partition coefficient (Wildman–Crippen LogP) is 5.26. The Morgan fingerprint density at radius 3 is 1.31 bits per heavy atom. The lowest BCUT2D eigenvalue weighted by atomic mass is 9.70. The quantitative estimate of drug-likeness (QED) is 0.604. The molecule has 0 fully saturated rings. The van der Waals surface area contributed by atoms with E-state index in [1.165, 1.54) is 19.3 Å². The van der Waals surface area contributed by atoms with Crippen LogP contribution in [0.15, 0.2) is 0 Å². The van der Waals surface area contributed by atoms with Gasteiger partial charge in [0.25, 0.3) is 0 Å². The highest BCUT2D eigenvalue weighted by atomic mass is 79.9. The molecular weight excluding hydrogens is 307 g/mol. The van der Waals surface area contributed by atoms with Crippen LogP contribution < -0.4 is 0 Å². The molecule has 0 aromatic rings. The standard InChI is InChI=1S/C10H21.Al.2BrH/c1-6-10(7-2,8-3)9(4)5;;;/h6-8H2,1-5H3;;2*1H/q;+2;;/p-2. The van der Waals surface area contributed by atoms with E-state index in [2.05, 4.69) is 62.7 Å². The van der Waals surface area contributed by atoms with E-state index in [0.29, 0.717) is 9.69 Å². The lowest BCUT2D eigenvalue weighted by Gasteiger charge is -2.46. The Bertz CT molecular complexity index is 143. The molecule has 0 aliphatic rings. The van der Waals surface area contributed by atoms with Gasteiger partial charge in [0, 0.05) is 0 Å². The highest BCUT2D eigenvalue weighted by Gasteiger charge is 2.47. The molecule has 0 aromatic carbocycles. The Morgan fingerprint density at radius 1 is 0.923 bits per heavy atom. The van der Waals surface area contributed by atoms with Crippen LogP contribution in [0.2, 0.25) is 4.28 Å². The SMILES string of the molecule is CCC(CC)(CC)[C](C)(C)[Al]([Br])[Br]. The summed E-state index contributed by atoms with van der Waals surface area (Å²) in [6, 6.07) is 0. The van der Waals surface area contributed by atoms with Gasteiger partial charge in [-0.25, -0.2) is 0 Å². The predicted molar refractivity (Wildman–Crippen MR) is 71.0 cm³/mol. The molecule has 0 rings (SSSR count). The second kappa shape index (κ2) is 5.54. The fourth-order valence-corrected chi connectivity index (χ4v) is 6.34. The van der Waals surface area contributed by atoms with Gasteiger partial charge in [0.15, 0.2) is 0 Å². The topological polar surface area (TPSA) is 0 Å². The molecule has 0 heterocycles. The summed E-state index contributed by atoms with van der Waals surface area (Å²) in [5.41, 5.74) is 0.511. The third-order valence-corrected chi connectivity index (χ3v) is 12.5. The molecule has 13 heavy (non-hydrogen) atoms. The Morgan fingerprint density at radius 2 is 1.23 bits per heavy atom. The molecule has 0 radical (unpaired) electrons. The van der Waals surface area contributed by atoms with Gasteiger partial charge in [0.1, 0.15) is 0 Å². The molecule has 0 N–H and O–H groups in total. The minimum Gasteiger partial charge on any atom is -0.196 e. The molecule has 0 atom stereocenters. The normalized spacial score (nSPS) is 13.2. The van der Waals surface area contributed by atoms with Crippen LogP contribution >= 0.6 is 28.1 Å². The van der Waals surface area contributed by atoms with E-state index in [4.69, 9.17) is 0 Å². The maximum Gasteiger partial charge on any atom is 0.462 e. The fraction of sp³-hybridized carbons (Fsp3) is 1.00. The van der Waals surface area contributed by atoms with Crippen LogP contribution in [0, 0.1) is 5.41 Å². The van der Waals surface area contributed by atoms with E-state index in [1.807, 2.05) is 0 Å². The van der Waals surface area contributed by atoms with Crippen molar-refractivity contribution < 1.29 is 0 Å². The van der Waals surface area contributed by atoms with Gasteiger partial charge in [0.2, 0.25) is 0 Å². The summed E-state index contributed by atoms with van der Waals surface area (Å²) in [5.74, 6) is 0. The van der Waals surface area contributed by atoms with Gasteiger partial charge in [-0.05, 0) is 9.69 Å². The van der Waals surface area contributed by atoms with Crippen LogP contribution in [0.1, 0.15) is 53.9 Å². The second-order valence-electron chi connectivity index (χ2n) is 4.36. The molecule has 0 aromatic heterocycles. The van der Waals surface area contributed by atoms with Crippen LogP contribution in [0.5, 0.6) is 0 Å². The van der Waals surface area contributed by atoms with Crippen LogP contribution in [0.25, 0.3) is 0 Å². The largest absolute Gasteiger partial charge is 0.462 e. The summed E-state index contributed by atoms with van der Waals surface area (Å²) in [6.45, 7) is 11.8. The van der Waals surface area contributed by atoms with Crippen molar-refractivity contribution in [2.75, 3.05) is 0 Å². The van der Waals surface area contributed by atoms with Crippen molar-refractivity contribution in [3.05, 3.63) is 0 Å². The van der Waals surface area contributed by atoms with Crippen LogP contribution in [-0.4, -0.2) is 10.5 Å². The minimum atomic E-state index is -0.933. The smallest absolute Gasteiger partial charge is 0.196 e. The highest BCUT2D eigenvalue weighted by Crippen LogP contribution is 2.56. The number of halogens is 2. The van der Waals surface area contributed by atoms with Crippen molar-refractivity contribution in [3.8, 4) is 0 Å². The Labute approximate surface area is 102 Å². The van der Waals surface area contributed by atoms with Gasteiger partial charge in [-0.15, -0.1) is 0 Å². The lowest BCUT2D eigenvalue weighted by Crippen LogP contribution is -2.37. The third-order valence-electron chi connectivity index (χ3n) is 3.94. The first-order chi connectivity index (χ1) is 5.88. The third kappa shape index (κ3) is 2.74. The van der Waals surface area contributed by atoms with E-state index in [9.17, 15) is 0 Å². The summed E-state index contributed by atoms with van der Waals surface area (Å²) in [7, 11) is -0.933. The maximum atomic E-state index is 3.81. The van der Waals surface area contributed by atoms with E-state index in [1.54, 1.807) is 0 Å². The molecule has 0 saturated carbocycles. The van der Waals surface area contributed by atoms with Crippen molar-refractivity contribution in [1.82, 2.24) is 0 Å². The van der Waals surface area contributed by atoms with Gasteiger partial charge in [0.05, 0.1) is 0 Å². The number of hydrogen-bond acceptors (Lipinski definition) is 0. The van der Waals surface area contributed by atoms with Gasteiger partial charge >= 0.3 is 10.5 Å². The van der Waals surface area contributed by atoms with E-state index in [0.717, 1.165) is 0 Å². The molecule has 78 valence electrons. The molecule has 0 spiro atoms. The second-order valence-corrected chi connectivity index (χ2v) is 15.6. The number of rotatable bonds is 5. The molecule has 0 unspecified atom stereocenters. The van der Waals surface area contributed by atoms with E-state index < -0.39 is 10.5 Å². The highest BCUT2D eigenvalue weighted by molar-refractivity contribution is 9.49. The zero-order chi connectivity index (χ0) is 10.7. The molecule has 0 saturated heterocycles. The monoisotopic (exact) mass is 326 g/mol. The van der Waals surface area contributed by atoms with Crippen molar-refractivity contribution >= 4 is 38.6 Å². The first-order valence-corrected chi connectivity index (χ1v) is 12.1. The average molecular weight is 328 g/mol. The Hall–Kier alpha value is 1.49. The summed E-state index contributed by atoms with van der Waals surface area (Å²) in [4.78, 5) is 0. The van der Waals surface area contributed by atoms with Crippen LogP contribution in [-0.2, 0) is 0 Å². The van der Waals surface area contributed by atoms with Crippen molar-refractivity contribution in [2.45, 2.75) is 58.2 Å². The van der Waals surface area contributed by atoms with E-state index in [-0.39, 0.29) is 0 Å². The molecule has 0 amide bonds. The summed E-state index contributed by atoms with van der Waals surface area (Å²) >= 11 is 7.62. The Balaban J connectivity index is 4.91. The zero-order valence-corrected chi connectivity index (χ0v) is 13.8. The van der Waals surface area contributed by atoms with Gasteiger partial charge in [-0.3, -0.25) is 0 Å².